The Labute approximate surface area is 145 Å². The van der Waals surface area contributed by atoms with Crippen LogP contribution in [0.5, 0.6) is 0 Å². The van der Waals surface area contributed by atoms with Crippen LogP contribution in [0.3, 0.4) is 0 Å². The van der Waals surface area contributed by atoms with Crippen molar-refractivity contribution < 1.29 is 33.9 Å². The van der Waals surface area contributed by atoms with Crippen molar-refractivity contribution in [2.24, 2.45) is 0 Å². The van der Waals surface area contributed by atoms with Crippen molar-refractivity contribution in [3.8, 4) is 0 Å². The number of nitrogens with one attached hydrogen (secondary N) is 1. The zero-order valence-corrected chi connectivity index (χ0v) is 13.7. The highest BCUT2D eigenvalue weighted by Crippen LogP contribution is 2.20. The Kier molecular flexibility index (Phi) is 6.70. The van der Waals surface area contributed by atoms with Crippen molar-refractivity contribution >= 4 is 21.8 Å². The van der Waals surface area contributed by atoms with Crippen molar-refractivity contribution in [1.82, 2.24) is 9.97 Å². The van der Waals surface area contributed by atoms with Crippen molar-refractivity contribution in [1.29, 1.82) is 0 Å². The third kappa shape index (κ3) is 6.76. The molecule has 0 aliphatic carbocycles. The van der Waals surface area contributed by atoms with Crippen molar-refractivity contribution in [2.45, 2.75) is 0 Å². The molecule has 3 aromatic heterocycles. The van der Waals surface area contributed by atoms with Gasteiger partial charge in [0.05, 0.1) is 11.0 Å². The molecule has 8 heteroatoms. The van der Waals surface area contributed by atoms with Gasteiger partial charge in [-0.25, -0.2) is 23.6 Å². The quantitative estimate of drug-likeness (QED) is 0.352. The predicted molar refractivity (Wildman–Crippen MR) is 80.0 cm³/mol. The summed E-state index contributed by atoms with van der Waals surface area (Å²) in [4.78, 5) is 11.6. The van der Waals surface area contributed by atoms with Gasteiger partial charge >= 0.3 is 0 Å². The van der Waals surface area contributed by atoms with E-state index in [1.165, 1.54) is 0 Å². The predicted octanol–water partition coefficient (Wildman–Crippen LogP) is -1.47. The Morgan fingerprint density at radius 1 is 0.640 bits per heavy atom. The van der Waals surface area contributed by atoms with Gasteiger partial charge in [0.25, 0.3) is 0 Å². The number of fused-ring (bicyclic) bond motifs is 3. The summed E-state index contributed by atoms with van der Waals surface area (Å²) in [6.45, 7) is 0. The van der Waals surface area contributed by atoms with Gasteiger partial charge in [0, 0.05) is 35.3 Å². The highest BCUT2D eigenvalue weighted by atomic mass is 35.7. The molecule has 3 heterocycles. The van der Waals surface area contributed by atoms with Crippen LogP contribution in [0.25, 0.3) is 21.8 Å². The van der Waals surface area contributed by atoms with Gasteiger partial charge in [0.1, 0.15) is 0 Å². The second kappa shape index (κ2) is 8.97. The van der Waals surface area contributed by atoms with Crippen LogP contribution in [0.1, 0.15) is 0 Å². The lowest BCUT2D eigenvalue weighted by Gasteiger charge is -2.17. The molecule has 0 saturated heterocycles. The lowest BCUT2D eigenvalue weighted by atomic mass is 10.1. The summed E-state index contributed by atoms with van der Waals surface area (Å²) in [5.74, 6) is 0. The summed E-state index contributed by atoms with van der Waals surface area (Å²) in [7, 11) is -4.94. The highest BCUT2D eigenvalue weighted by Gasteiger charge is 2.00. The molecule has 0 radical (unpaired) electrons. The Morgan fingerprint density at radius 3 is 1.40 bits per heavy atom. The number of pyridine rings is 3. The molecule has 0 atom stereocenters. The van der Waals surface area contributed by atoms with Crippen LogP contribution in [0.15, 0.2) is 79.4 Å². The first-order valence-electron chi connectivity index (χ1n) is 7.06. The first-order valence-corrected chi connectivity index (χ1v) is 8.30. The first kappa shape index (κ1) is 18.7. The molecule has 0 aliphatic rings. The van der Waals surface area contributed by atoms with Crippen LogP contribution < -0.4 is 23.6 Å². The molecule has 0 unspecified atom stereocenters. The topological polar surface area (TPSA) is 132 Å². The average molecular weight is 360 g/mol. The largest absolute Gasteiger partial charge is 0.254 e. The summed E-state index contributed by atoms with van der Waals surface area (Å²) >= 11 is 0. The molecule has 128 valence electrons. The minimum absolute atomic E-state index is 0.977. The van der Waals surface area contributed by atoms with Gasteiger partial charge in [-0.15, -0.1) is 10.2 Å². The molecule has 0 saturated carbocycles. The number of rotatable bonds is 0. The molecule has 1 aromatic carbocycles. The van der Waals surface area contributed by atoms with Crippen LogP contribution in [-0.2, 0) is 0 Å². The zero-order chi connectivity index (χ0) is 18.1. The van der Waals surface area contributed by atoms with Gasteiger partial charge in [-0.2, -0.15) is 0 Å². The fourth-order valence-electron chi connectivity index (χ4n) is 2.02. The van der Waals surface area contributed by atoms with E-state index in [1.54, 1.807) is 12.4 Å². The van der Waals surface area contributed by atoms with Gasteiger partial charge in [-0.3, -0.25) is 9.97 Å². The van der Waals surface area contributed by atoms with Gasteiger partial charge < -0.3 is 0 Å². The fraction of sp³-hybridized carbons (Fsp3) is 0. The summed E-state index contributed by atoms with van der Waals surface area (Å²) in [6, 6.07) is 18.0. The lowest BCUT2D eigenvalue weighted by molar-refractivity contribution is -2.00. The molecule has 0 spiro atoms. The Bertz CT molecular complexity index is 830. The van der Waals surface area contributed by atoms with Crippen LogP contribution in [-0.4, -0.2) is 9.97 Å². The van der Waals surface area contributed by atoms with Crippen LogP contribution >= 0.6 is 0 Å². The summed E-state index contributed by atoms with van der Waals surface area (Å²) in [5, 5.41) is 2.28. The molecule has 4 rings (SSSR count). The van der Waals surface area contributed by atoms with Crippen molar-refractivity contribution in [3.05, 3.63) is 79.4 Å². The molecule has 0 amide bonds. The van der Waals surface area contributed by atoms with E-state index in [-0.39, 0.29) is 0 Å². The van der Waals surface area contributed by atoms with Crippen LogP contribution in [0.4, 0.5) is 0 Å². The minimum atomic E-state index is -4.94. The van der Waals surface area contributed by atoms with E-state index in [0.717, 1.165) is 21.8 Å². The SMILES string of the molecule is [O-][Cl+3]([O-])([O-])[O-].c1cc[nH+]cc1.c1cnc2c(c1)ccc1cccnc12. The van der Waals surface area contributed by atoms with E-state index >= 15 is 0 Å². The zero-order valence-electron chi connectivity index (χ0n) is 12.9. The van der Waals surface area contributed by atoms with Crippen LogP contribution in [0, 0.1) is 10.2 Å². The van der Waals surface area contributed by atoms with Gasteiger partial charge in [-0.1, -0.05) is 30.3 Å². The fourth-order valence-corrected chi connectivity index (χ4v) is 2.02. The highest BCUT2D eigenvalue weighted by molar-refractivity contribution is 6.02. The normalized spacial score (nSPS) is 10.4. The molecule has 25 heavy (non-hydrogen) atoms. The minimum Gasteiger partial charge on any atom is -0.254 e. The number of hydrogen-bond acceptors (Lipinski definition) is 6. The van der Waals surface area contributed by atoms with E-state index in [1.807, 2.05) is 42.7 Å². The summed E-state index contributed by atoms with van der Waals surface area (Å²) in [6.07, 6.45) is 7.35. The smallest absolute Gasteiger partial charge is 0.166 e. The average Bonchev–Trinajstić information content (AvgIpc) is 2.62. The molecular formula is C17H14ClN3O4. The number of aromatic amines is 1. The van der Waals surface area contributed by atoms with Crippen LogP contribution in [0.2, 0.25) is 0 Å². The molecule has 1 N–H and O–H groups in total. The van der Waals surface area contributed by atoms with Crippen molar-refractivity contribution in [2.75, 3.05) is 0 Å². The Morgan fingerprint density at radius 2 is 1.08 bits per heavy atom. The van der Waals surface area contributed by atoms with E-state index in [2.05, 4.69) is 39.2 Å². The van der Waals surface area contributed by atoms with E-state index in [0.29, 0.717) is 0 Å². The number of benzene rings is 1. The molecule has 0 fully saturated rings. The Hall–Kier alpha value is -2.68. The maximum absolute atomic E-state index is 8.49. The number of aromatic nitrogens is 3. The van der Waals surface area contributed by atoms with Crippen molar-refractivity contribution in [3.63, 3.8) is 0 Å². The standard InChI is InChI=1S/C12H8N2.C5H5N.ClHO4/c1-3-9-5-6-10-4-2-8-14-12(10)11(9)13-7-1;1-2-4-6-5-3-1;2-1(3,4)5/h1-8H;1-5H;(H,2,3,4,5). The summed E-state index contributed by atoms with van der Waals surface area (Å²) < 4.78 is 34.0. The lowest BCUT2D eigenvalue weighted by Crippen LogP contribution is -2.68. The third-order valence-corrected chi connectivity index (χ3v) is 2.95. The number of nitrogens with zero attached hydrogens (tertiary/aromatic N) is 2. The van der Waals surface area contributed by atoms with E-state index in [9.17, 15) is 0 Å². The number of halogens is 1. The Balaban J connectivity index is 0.000000171. The second-order valence-electron chi connectivity index (χ2n) is 4.67. The monoisotopic (exact) mass is 359 g/mol. The molecule has 4 aromatic rings. The molecular weight excluding hydrogens is 346 g/mol. The van der Waals surface area contributed by atoms with Gasteiger partial charge in [0.15, 0.2) is 12.4 Å². The first-order chi connectivity index (χ1) is 11.9. The number of H-pyrrole nitrogens is 1. The molecule has 0 aliphatic heterocycles. The van der Waals surface area contributed by atoms with E-state index in [4.69, 9.17) is 18.6 Å². The van der Waals surface area contributed by atoms with E-state index < -0.39 is 10.2 Å². The maximum Gasteiger partial charge on any atom is 0.166 e. The third-order valence-electron chi connectivity index (χ3n) is 2.95. The maximum atomic E-state index is 8.49. The second-order valence-corrected chi connectivity index (χ2v) is 5.43. The van der Waals surface area contributed by atoms with Gasteiger partial charge in [-0.05, 0) is 12.1 Å². The summed E-state index contributed by atoms with van der Waals surface area (Å²) in [5.41, 5.74) is 1.95. The molecule has 7 nitrogen and oxygen atoms in total. The van der Waals surface area contributed by atoms with Gasteiger partial charge in [0.2, 0.25) is 0 Å². The number of hydrogen-bond donors (Lipinski definition) is 0. The molecule has 0 bridgehead atoms.